The zero-order valence-corrected chi connectivity index (χ0v) is 8.46. The Morgan fingerprint density at radius 2 is 2.07 bits per heavy atom. The van der Waals surface area contributed by atoms with E-state index in [1.165, 1.54) is 5.56 Å². The van der Waals surface area contributed by atoms with Gasteiger partial charge in [0.15, 0.2) is 0 Å². The monoisotopic (exact) mass is 205 g/mol. The number of benzene rings is 1. The van der Waals surface area contributed by atoms with Gasteiger partial charge in [0.05, 0.1) is 5.25 Å². The summed E-state index contributed by atoms with van der Waals surface area (Å²) in [6.45, 7) is 0. The Morgan fingerprint density at radius 3 is 2.79 bits per heavy atom. The molecule has 1 aromatic carbocycles. The Bertz CT molecular complexity index is 348. The van der Waals surface area contributed by atoms with E-state index in [1.807, 2.05) is 35.7 Å². The largest absolute Gasteiger partial charge is 0.331 e. The van der Waals surface area contributed by atoms with E-state index in [2.05, 4.69) is 5.32 Å². The fraction of sp³-hybridized carbons (Fsp3) is 0.182. The molecule has 1 aliphatic rings. The Labute approximate surface area is 87.4 Å². The van der Waals surface area contributed by atoms with Gasteiger partial charge in [-0.2, -0.15) is 0 Å². The summed E-state index contributed by atoms with van der Waals surface area (Å²) in [5, 5.41) is 4.65. The van der Waals surface area contributed by atoms with Crippen molar-refractivity contribution in [1.82, 2.24) is 5.32 Å². The average Bonchev–Trinajstić information content (AvgIpc) is 2.23. The highest BCUT2D eigenvalue weighted by atomic mass is 32.2. The van der Waals surface area contributed by atoms with Crippen LogP contribution in [0.4, 0.5) is 0 Å². The Morgan fingerprint density at radius 1 is 1.29 bits per heavy atom. The van der Waals surface area contributed by atoms with Crippen LogP contribution in [0.25, 0.3) is 0 Å². The number of amides is 1. The molecular formula is C11H11NOS. The smallest absolute Gasteiger partial charge is 0.237 e. The van der Waals surface area contributed by atoms with Crippen molar-refractivity contribution >= 4 is 17.7 Å². The standard InChI is InChI=1S/C11H11NOS/c13-11-10(14-7-6-12-11)8-9-4-2-1-3-5-9/h1-7,10H,8H2,(H,12,13). The minimum atomic E-state index is 0.0161. The van der Waals surface area contributed by atoms with Crippen LogP contribution < -0.4 is 5.32 Å². The van der Waals surface area contributed by atoms with Gasteiger partial charge in [-0.3, -0.25) is 4.79 Å². The quantitative estimate of drug-likeness (QED) is 0.799. The van der Waals surface area contributed by atoms with Gasteiger partial charge in [0.25, 0.3) is 0 Å². The zero-order chi connectivity index (χ0) is 9.80. The molecule has 0 saturated carbocycles. The minimum Gasteiger partial charge on any atom is -0.331 e. The SMILES string of the molecule is O=C1NC=CSC1Cc1ccccc1. The van der Waals surface area contributed by atoms with Crippen LogP contribution in [0.2, 0.25) is 0 Å². The summed E-state index contributed by atoms with van der Waals surface area (Å²) in [7, 11) is 0. The predicted octanol–water partition coefficient (Wildman–Crippen LogP) is 1.93. The number of thioether (sulfide) groups is 1. The van der Waals surface area contributed by atoms with Crippen LogP contribution in [0.5, 0.6) is 0 Å². The van der Waals surface area contributed by atoms with Crippen molar-refractivity contribution in [2.75, 3.05) is 0 Å². The van der Waals surface area contributed by atoms with Gasteiger partial charge in [0.2, 0.25) is 5.91 Å². The maximum absolute atomic E-state index is 11.4. The maximum Gasteiger partial charge on any atom is 0.237 e. The molecule has 14 heavy (non-hydrogen) atoms. The molecule has 1 aromatic rings. The topological polar surface area (TPSA) is 29.1 Å². The lowest BCUT2D eigenvalue weighted by Gasteiger charge is -2.16. The normalized spacial score (nSPS) is 20.6. The first-order valence-corrected chi connectivity index (χ1v) is 5.45. The second kappa shape index (κ2) is 4.33. The summed E-state index contributed by atoms with van der Waals surface area (Å²) in [6.07, 6.45) is 2.48. The summed E-state index contributed by atoms with van der Waals surface area (Å²) in [5.74, 6) is 0.0985. The highest BCUT2D eigenvalue weighted by molar-refractivity contribution is 8.03. The predicted molar refractivity (Wildman–Crippen MR) is 58.8 cm³/mol. The molecule has 1 N–H and O–H groups in total. The van der Waals surface area contributed by atoms with E-state index in [0.29, 0.717) is 0 Å². The molecule has 2 nitrogen and oxygen atoms in total. The van der Waals surface area contributed by atoms with Crippen LogP contribution in [0.15, 0.2) is 41.9 Å². The van der Waals surface area contributed by atoms with Gasteiger partial charge in [0, 0.05) is 6.20 Å². The fourth-order valence-corrected chi connectivity index (χ4v) is 2.19. The Hall–Kier alpha value is -1.22. The van der Waals surface area contributed by atoms with Gasteiger partial charge in [-0.15, -0.1) is 11.8 Å². The molecule has 1 unspecified atom stereocenters. The van der Waals surface area contributed by atoms with Crippen molar-refractivity contribution in [3.8, 4) is 0 Å². The molecule has 1 amide bonds. The van der Waals surface area contributed by atoms with Gasteiger partial charge in [0.1, 0.15) is 0 Å². The molecule has 0 fully saturated rings. The van der Waals surface area contributed by atoms with Gasteiger partial charge >= 0.3 is 0 Å². The zero-order valence-electron chi connectivity index (χ0n) is 7.64. The molecular weight excluding hydrogens is 194 g/mol. The Balaban J connectivity index is 2.04. The van der Waals surface area contributed by atoms with Crippen LogP contribution >= 0.6 is 11.8 Å². The van der Waals surface area contributed by atoms with Crippen LogP contribution in [0.1, 0.15) is 5.56 Å². The highest BCUT2D eigenvalue weighted by Crippen LogP contribution is 2.20. The van der Waals surface area contributed by atoms with Crippen molar-refractivity contribution in [3.05, 3.63) is 47.5 Å². The molecule has 1 aliphatic heterocycles. The maximum atomic E-state index is 11.4. The molecule has 0 radical (unpaired) electrons. The first kappa shape index (κ1) is 9.34. The van der Waals surface area contributed by atoms with Crippen LogP contribution in [-0.2, 0) is 11.2 Å². The van der Waals surface area contributed by atoms with E-state index in [4.69, 9.17) is 0 Å². The third-order valence-electron chi connectivity index (χ3n) is 2.09. The highest BCUT2D eigenvalue weighted by Gasteiger charge is 2.19. The van der Waals surface area contributed by atoms with Crippen LogP contribution in [0, 0.1) is 0 Å². The van der Waals surface area contributed by atoms with Crippen LogP contribution in [-0.4, -0.2) is 11.2 Å². The van der Waals surface area contributed by atoms with E-state index in [-0.39, 0.29) is 11.2 Å². The number of carbonyl (C=O) groups is 1. The molecule has 3 heteroatoms. The summed E-state index contributed by atoms with van der Waals surface area (Å²) in [6, 6.07) is 10.1. The molecule has 2 rings (SSSR count). The lowest BCUT2D eigenvalue weighted by Crippen LogP contribution is -2.32. The molecule has 1 atom stereocenters. The van der Waals surface area contributed by atoms with Crippen molar-refractivity contribution in [3.63, 3.8) is 0 Å². The lowest BCUT2D eigenvalue weighted by atomic mass is 10.1. The fourth-order valence-electron chi connectivity index (χ4n) is 1.37. The van der Waals surface area contributed by atoms with Crippen molar-refractivity contribution in [2.45, 2.75) is 11.7 Å². The van der Waals surface area contributed by atoms with Gasteiger partial charge in [-0.25, -0.2) is 0 Å². The summed E-state index contributed by atoms with van der Waals surface area (Å²) < 4.78 is 0. The second-order valence-electron chi connectivity index (χ2n) is 3.13. The third kappa shape index (κ3) is 2.17. The van der Waals surface area contributed by atoms with E-state index < -0.39 is 0 Å². The first-order valence-electron chi connectivity index (χ1n) is 4.51. The third-order valence-corrected chi connectivity index (χ3v) is 3.10. The van der Waals surface area contributed by atoms with E-state index in [0.717, 1.165) is 6.42 Å². The summed E-state index contributed by atoms with van der Waals surface area (Å²) in [5.41, 5.74) is 1.20. The van der Waals surface area contributed by atoms with Crippen molar-refractivity contribution in [1.29, 1.82) is 0 Å². The minimum absolute atomic E-state index is 0.0161. The van der Waals surface area contributed by atoms with Gasteiger partial charge < -0.3 is 5.32 Å². The first-order chi connectivity index (χ1) is 6.86. The molecule has 72 valence electrons. The molecule has 0 spiro atoms. The number of hydrogen-bond donors (Lipinski definition) is 1. The van der Waals surface area contributed by atoms with E-state index in [9.17, 15) is 4.79 Å². The average molecular weight is 205 g/mol. The number of carbonyl (C=O) groups excluding carboxylic acids is 1. The van der Waals surface area contributed by atoms with Crippen LogP contribution in [0.3, 0.4) is 0 Å². The summed E-state index contributed by atoms with van der Waals surface area (Å²) in [4.78, 5) is 11.4. The molecule has 0 saturated heterocycles. The number of nitrogens with one attached hydrogen (secondary N) is 1. The van der Waals surface area contributed by atoms with Gasteiger partial charge in [-0.1, -0.05) is 30.3 Å². The van der Waals surface area contributed by atoms with Crippen molar-refractivity contribution < 1.29 is 4.79 Å². The number of hydrogen-bond acceptors (Lipinski definition) is 2. The van der Waals surface area contributed by atoms with E-state index >= 15 is 0 Å². The van der Waals surface area contributed by atoms with Crippen molar-refractivity contribution in [2.24, 2.45) is 0 Å². The number of rotatable bonds is 2. The Kier molecular flexibility index (Phi) is 2.89. The van der Waals surface area contributed by atoms with Gasteiger partial charge in [-0.05, 0) is 17.4 Å². The molecule has 0 bridgehead atoms. The molecule has 0 aliphatic carbocycles. The summed E-state index contributed by atoms with van der Waals surface area (Å²) >= 11 is 1.57. The molecule has 1 heterocycles. The lowest BCUT2D eigenvalue weighted by molar-refractivity contribution is -0.119. The van der Waals surface area contributed by atoms with E-state index in [1.54, 1.807) is 18.0 Å². The second-order valence-corrected chi connectivity index (χ2v) is 4.24. The molecule has 0 aromatic heterocycles.